The predicted octanol–water partition coefficient (Wildman–Crippen LogP) is 3.04. The van der Waals surface area contributed by atoms with E-state index in [9.17, 15) is 4.39 Å². The van der Waals surface area contributed by atoms with Gasteiger partial charge in [-0.15, -0.1) is 0 Å². The lowest BCUT2D eigenvalue weighted by atomic mass is 9.80. The molecule has 17 heavy (non-hydrogen) atoms. The lowest BCUT2D eigenvalue weighted by molar-refractivity contribution is -0.0601. The van der Waals surface area contributed by atoms with E-state index in [-0.39, 0.29) is 10.6 Å². The van der Waals surface area contributed by atoms with Gasteiger partial charge in [0.05, 0.1) is 22.0 Å². The molecule has 1 aromatic rings. The van der Waals surface area contributed by atoms with E-state index in [0.717, 1.165) is 12.8 Å². The lowest BCUT2D eigenvalue weighted by Gasteiger charge is -2.40. The van der Waals surface area contributed by atoms with Crippen molar-refractivity contribution in [3.05, 3.63) is 23.0 Å². The summed E-state index contributed by atoms with van der Waals surface area (Å²) in [5.74, 6) is -0.469. The molecule has 0 spiro atoms. The Hall–Kier alpha value is -1.00. The van der Waals surface area contributed by atoms with E-state index in [0.29, 0.717) is 17.9 Å². The highest BCUT2D eigenvalue weighted by Crippen LogP contribution is 2.36. The third kappa shape index (κ3) is 2.48. The number of nitrogen functional groups attached to an aromatic ring is 1. The molecule has 0 bridgehead atoms. The molecule has 0 atom stereocenters. The van der Waals surface area contributed by atoms with Crippen molar-refractivity contribution in [2.75, 3.05) is 24.7 Å². The average Bonchev–Trinajstić information content (AvgIpc) is 2.24. The maximum atomic E-state index is 13.3. The van der Waals surface area contributed by atoms with Crippen LogP contribution in [-0.4, -0.2) is 19.3 Å². The Morgan fingerprint density at radius 1 is 1.53 bits per heavy atom. The van der Waals surface area contributed by atoms with Gasteiger partial charge in [0, 0.05) is 19.7 Å². The molecule has 0 heterocycles. The number of methoxy groups -OCH3 is 1. The van der Waals surface area contributed by atoms with Crippen molar-refractivity contribution in [3.63, 3.8) is 0 Å². The lowest BCUT2D eigenvalue weighted by Crippen LogP contribution is -2.45. The van der Waals surface area contributed by atoms with E-state index >= 15 is 0 Å². The molecule has 1 fully saturated rings. The zero-order valence-corrected chi connectivity index (χ0v) is 10.5. The Labute approximate surface area is 105 Å². The van der Waals surface area contributed by atoms with Crippen LogP contribution in [0.3, 0.4) is 0 Å². The molecule has 3 N–H and O–H groups in total. The first-order chi connectivity index (χ1) is 8.06. The van der Waals surface area contributed by atoms with E-state index in [1.54, 1.807) is 7.11 Å². The van der Waals surface area contributed by atoms with E-state index in [4.69, 9.17) is 22.1 Å². The summed E-state index contributed by atoms with van der Waals surface area (Å²) in [6.07, 6.45) is 3.21. The first-order valence-corrected chi connectivity index (χ1v) is 5.98. The minimum Gasteiger partial charge on any atom is -0.397 e. The third-order valence-corrected chi connectivity index (χ3v) is 3.68. The number of halogens is 2. The molecule has 5 heteroatoms. The molecule has 0 aliphatic heterocycles. The normalized spacial score (nSPS) is 17.6. The minimum atomic E-state index is -0.469. The maximum Gasteiger partial charge on any atom is 0.143 e. The van der Waals surface area contributed by atoms with Crippen LogP contribution in [0.4, 0.5) is 15.8 Å². The minimum absolute atomic E-state index is 0.0400. The van der Waals surface area contributed by atoms with Crippen LogP contribution >= 0.6 is 11.6 Å². The van der Waals surface area contributed by atoms with Crippen molar-refractivity contribution in [2.24, 2.45) is 0 Å². The molecule has 0 aromatic heterocycles. The van der Waals surface area contributed by atoms with Crippen LogP contribution < -0.4 is 11.1 Å². The summed E-state index contributed by atoms with van der Waals surface area (Å²) in [6, 6.07) is 2.74. The molecular weight excluding hydrogens is 243 g/mol. The van der Waals surface area contributed by atoms with Gasteiger partial charge in [-0.2, -0.15) is 0 Å². The Morgan fingerprint density at radius 3 is 2.76 bits per heavy atom. The quantitative estimate of drug-likeness (QED) is 0.816. The molecule has 2 rings (SSSR count). The maximum absolute atomic E-state index is 13.3. The molecule has 94 valence electrons. The van der Waals surface area contributed by atoms with Crippen LogP contribution in [-0.2, 0) is 4.74 Å². The van der Waals surface area contributed by atoms with Crippen molar-refractivity contribution < 1.29 is 9.13 Å². The zero-order valence-electron chi connectivity index (χ0n) is 9.72. The van der Waals surface area contributed by atoms with Gasteiger partial charge in [-0.3, -0.25) is 0 Å². The van der Waals surface area contributed by atoms with E-state index in [2.05, 4.69) is 5.32 Å². The zero-order chi connectivity index (χ0) is 12.5. The highest BCUT2D eigenvalue weighted by Gasteiger charge is 2.36. The second kappa shape index (κ2) is 4.70. The highest BCUT2D eigenvalue weighted by atomic mass is 35.5. The van der Waals surface area contributed by atoms with Crippen LogP contribution in [0.2, 0.25) is 5.02 Å². The van der Waals surface area contributed by atoms with Crippen LogP contribution in [0.25, 0.3) is 0 Å². The fourth-order valence-electron chi connectivity index (χ4n) is 2.00. The molecule has 1 aromatic carbocycles. The first-order valence-electron chi connectivity index (χ1n) is 5.60. The Morgan fingerprint density at radius 2 is 2.24 bits per heavy atom. The summed E-state index contributed by atoms with van der Waals surface area (Å²) in [5.41, 5.74) is 6.65. The second-order valence-electron chi connectivity index (χ2n) is 4.45. The molecule has 1 aliphatic rings. The van der Waals surface area contributed by atoms with E-state index in [1.807, 2.05) is 0 Å². The smallest absolute Gasteiger partial charge is 0.143 e. The van der Waals surface area contributed by atoms with Crippen molar-refractivity contribution in [1.82, 2.24) is 0 Å². The van der Waals surface area contributed by atoms with Gasteiger partial charge in [0.15, 0.2) is 0 Å². The summed E-state index contributed by atoms with van der Waals surface area (Å²) in [7, 11) is 1.70. The number of hydrogen-bond acceptors (Lipinski definition) is 3. The van der Waals surface area contributed by atoms with Crippen molar-refractivity contribution in [2.45, 2.75) is 24.9 Å². The number of benzene rings is 1. The number of ether oxygens (including phenoxy) is 1. The fraction of sp³-hybridized carbons (Fsp3) is 0.500. The second-order valence-corrected chi connectivity index (χ2v) is 4.86. The number of rotatable bonds is 4. The van der Waals surface area contributed by atoms with Crippen molar-refractivity contribution in [3.8, 4) is 0 Å². The van der Waals surface area contributed by atoms with Gasteiger partial charge in [-0.05, 0) is 25.3 Å². The monoisotopic (exact) mass is 258 g/mol. The van der Waals surface area contributed by atoms with Crippen LogP contribution in [0.1, 0.15) is 19.3 Å². The van der Waals surface area contributed by atoms with Gasteiger partial charge in [0.2, 0.25) is 0 Å². The van der Waals surface area contributed by atoms with Gasteiger partial charge in [-0.25, -0.2) is 4.39 Å². The first kappa shape index (κ1) is 12.5. The standard InChI is InChI=1S/C12H16ClFN2O/c1-17-12(3-2-4-12)7-16-11-6-9(14)8(13)5-10(11)15/h5-6,16H,2-4,7,15H2,1H3. The number of nitrogens with one attached hydrogen (secondary N) is 1. The summed E-state index contributed by atoms with van der Waals surface area (Å²) >= 11 is 5.63. The summed E-state index contributed by atoms with van der Waals surface area (Å²) in [4.78, 5) is 0. The molecule has 0 amide bonds. The molecule has 0 unspecified atom stereocenters. The summed E-state index contributed by atoms with van der Waals surface area (Å²) < 4.78 is 18.8. The number of nitrogens with two attached hydrogens (primary N) is 1. The summed E-state index contributed by atoms with van der Waals surface area (Å²) in [5, 5.41) is 3.17. The molecule has 0 saturated heterocycles. The van der Waals surface area contributed by atoms with Gasteiger partial charge in [0.25, 0.3) is 0 Å². The predicted molar refractivity (Wildman–Crippen MR) is 67.9 cm³/mol. The Kier molecular flexibility index (Phi) is 3.45. The molecular formula is C12H16ClFN2O. The fourth-order valence-corrected chi connectivity index (χ4v) is 2.17. The molecule has 3 nitrogen and oxygen atoms in total. The van der Waals surface area contributed by atoms with Crippen molar-refractivity contribution in [1.29, 1.82) is 0 Å². The molecule has 1 aliphatic carbocycles. The van der Waals surface area contributed by atoms with Crippen LogP contribution in [0.5, 0.6) is 0 Å². The number of anilines is 2. The van der Waals surface area contributed by atoms with Gasteiger partial charge in [-0.1, -0.05) is 11.6 Å². The Balaban J connectivity index is 2.06. The largest absolute Gasteiger partial charge is 0.397 e. The van der Waals surface area contributed by atoms with Crippen LogP contribution in [0.15, 0.2) is 12.1 Å². The van der Waals surface area contributed by atoms with E-state index < -0.39 is 5.82 Å². The summed E-state index contributed by atoms with van der Waals surface area (Å²) in [6.45, 7) is 0.634. The third-order valence-electron chi connectivity index (χ3n) is 3.39. The van der Waals surface area contributed by atoms with Gasteiger partial charge >= 0.3 is 0 Å². The molecule has 1 saturated carbocycles. The topological polar surface area (TPSA) is 47.3 Å². The van der Waals surface area contributed by atoms with Crippen molar-refractivity contribution >= 4 is 23.0 Å². The SMILES string of the molecule is COC1(CNc2cc(F)c(Cl)cc2N)CCC1. The van der Waals surface area contributed by atoms with Crippen LogP contribution in [0, 0.1) is 5.82 Å². The number of hydrogen-bond donors (Lipinski definition) is 2. The van der Waals surface area contributed by atoms with Gasteiger partial charge < -0.3 is 15.8 Å². The molecule has 0 radical (unpaired) electrons. The Bertz CT molecular complexity index is 416. The highest BCUT2D eigenvalue weighted by molar-refractivity contribution is 6.31. The van der Waals surface area contributed by atoms with Gasteiger partial charge in [0.1, 0.15) is 5.82 Å². The van der Waals surface area contributed by atoms with E-state index in [1.165, 1.54) is 18.6 Å². The average molecular weight is 259 g/mol.